The van der Waals surface area contributed by atoms with Crippen LogP contribution in [-0.4, -0.2) is 13.2 Å². The summed E-state index contributed by atoms with van der Waals surface area (Å²) in [6.45, 7) is 11.6. The molecule has 0 aliphatic heterocycles. The van der Waals surface area contributed by atoms with E-state index in [1.165, 1.54) is 5.56 Å². The third-order valence-corrected chi connectivity index (χ3v) is 3.17. The van der Waals surface area contributed by atoms with Gasteiger partial charge >= 0.3 is 0 Å². The van der Waals surface area contributed by atoms with Crippen molar-refractivity contribution in [2.75, 3.05) is 13.2 Å². The van der Waals surface area contributed by atoms with Gasteiger partial charge in [-0.1, -0.05) is 32.9 Å². The Morgan fingerprint density at radius 3 is 2.29 bits per heavy atom. The SMILES string of the molecule is CCOc1ccc(CNCC(C)C(C)C)cc1. The Morgan fingerprint density at radius 2 is 1.76 bits per heavy atom. The Kier molecular flexibility index (Phi) is 6.06. The largest absolute Gasteiger partial charge is 0.494 e. The molecule has 1 rings (SSSR count). The molecule has 0 radical (unpaired) electrons. The van der Waals surface area contributed by atoms with Gasteiger partial charge in [0.2, 0.25) is 0 Å². The number of ether oxygens (including phenoxy) is 1. The van der Waals surface area contributed by atoms with Crippen LogP contribution in [0, 0.1) is 11.8 Å². The summed E-state index contributed by atoms with van der Waals surface area (Å²) in [7, 11) is 0. The molecule has 1 aromatic carbocycles. The van der Waals surface area contributed by atoms with E-state index in [1.807, 2.05) is 19.1 Å². The lowest BCUT2D eigenvalue weighted by Crippen LogP contribution is -2.23. The van der Waals surface area contributed by atoms with E-state index in [4.69, 9.17) is 4.74 Å². The Hall–Kier alpha value is -1.02. The second-order valence-electron chi connectivity index (χ2n) is 4.93. The fourth-order valence-corrected chi connectivity index (χ4v) is 1.55. The molecule has 17 heavy (non-hydrogen) atoms. The van der Waals surface area contributed by atoms with Gasteiger partial charge in [0.1, 0.15) is 5.75 Å². The van der Waals surface area contributed by atoms with Crippen LogP contribution in [0.15, 0.2) is 24.3 Å². The lowest BCUT2D eigenvalue weighted by Gasteiger charge is -2.16. The summed E-state index contributed by atoms with van der Waals surface area (Å²) in [6, 6.07) is 8.31. The molecular formula is C15H25NO. The van der Waals surface area contributed by atoms with Crippen molar-refractivity contribution in [3.8, 4) is 5.75 Å². The summed E-state index contributed by atoms with van der Waals surface area (Å²) < 4.78 is 5.41. The molecule has 0 spiro atoms. The molecule has 1 atom stereocenters. The standard InChI is InChI=1S/C15H25NO/c1-5-17-15-8-6-14(7-9-15)11-16-10-13(4)12(2)3/h6-9,12-13,16H,5,10-11H2,1-4H3. The van der Waals surface area contributed by atoms with E-state index in [-0.39, 0.29) is 0 Å². The third kappa shape index (κ3) is 5.22. The molecule has 0 aromatic heterocycles. The van der Waals surface area contributed by atoms with Crippen molar-refractivity contribution in [2.24, 2.45) is 11.8 Å². The van der Waals surface area contributed by atoms with Crippen molar-refractivity contribution in [3.05, 3.63) is 29.8 Å². The predicted octanol–water partition coefficient (Wildman–Crippen LogP) is 3.47. The second-order valence-corrected chi connectivity index (χ2v) is 4.93. The predicted molar refractivity (Wildman–Crippen MR) is 73.3 cm³/mol. The van der Waals surface area contributed by atoms with Gasteiger partial charge in [-0.05, 0) is 43.0 Å². The van der Waals surface area contributed by atoms with Crippen LogP contribution in [0.2, 0.25) is 0 Å². The Morgan fingerprint density at radius 1 is 1.12 bits per heavy atom. The van der Waals surface area contributed by atoms with Gasteiger partial charge < -0.3 is 10.1 Å². The minimum atomic E-state index is 0.720. The van der Waals surface area contributed by atoms with Crippen LogP contribution in [-0.2, 0) is 6.54 Å². The molecule has 0 heterocycles. The number of rotatable bonds is 7. The number of hydrogen-bond acceptors (Lipinski definition) is 2. The molecular weight excluding hydrogens is 210 g/mol. The van der Waals surface area contributed by atoms with Crippen molar-refractivity contribution < 1.29 is 4.74 Å². The van der Waals surface area contributed by atoms with E-state index in [2.05, 4.69) is 38.2 Å². The van der Waals surface area contributed by atoms with Crippen LogP contribution >= 0.6 is 0 Å². The first kappa shape index (κ1) is 14.0. The summed E-state index contributed by atoms with van der Waals surface area (Å²) in [5, 5.41) is 3.49. The lowest BCUT2D eigenvalue weighted by atomic mass is 9.98. The molecule has 0 bridgehead atoms. The van der Waals surface area contributed by atoms with Crippen molar-refractivity contribution >= 4 is 0 Å². The van der Waals surface area contributed by atoms with Crippen LogP contribution in [0.3, 0.4) is 0 Å². The lowest BCUT2D eigenvalue weighted by molar-refractivity contribution is 0.340. The minimum absolute atomic E-state index is 0.720. The van der Waals surface area contributed by atoms with Crippen molar-refractivity contribution in [2.45, 2.75) is 34.2 Å². The summed E-state index contributed by atoms with van der Waals surface area (Å²) in [5.41, 5.74) is 1.31. The Balaban J connectivity index is 2.32. The van der Waals surface area contributed by atoms with E-state index >= 15 is 0 Å². The normalized spacial score (nSPS) is 12.8. The van der Waals surface area contributed by atoms with Crippen molar-refractivity contribution in [1.29, 1.82) is 0 Å². The first-order valence-corrected chi connectivity index (χ1v) is 6.56. The van der Waals surface area contributed by atoms with Crippen LogP contribution in [0.1, 0.15) is 33.3 Å². The topological polar surface area (TPSA) is 21.3 Å². The van der Waals surface area contributed by atoms with Gasteiger partial charge in [0.25, 0.3) is 0 Å². The zero-order valence-corrected chi connectivity index (χ0v) is 11.5. The van der Waals surface area contributed by atoms with Gasteiger partial charge in [-0.25, -0.2) is 0 Å². The summed E-state index contributed by atoms with van der Waals surface area (Å²) >= 11 is 0. The fourth-order valence-electron chi connectivity index (χ4n) is 1.55. The van der Waals surface area contributed by atoms with Gasteiger partial charge in [-0.15, -0.1) is 0 Å². The maximum atomic E-state index is 5.41. The molecule has 1 aromatic rings. The number of benzene rings is 1. The van der Waals surface area contributed by atoms with Crippen LogP contribution in [0.4, 0.5) is 0 Å². The van der Waals surface area contributed by atoms with E-state index < -0.39 is 0 Å². The van der Waals surface area contributed by atoms with Gasteiger partial charge in [0, 0.05) is 6.54 Å². The first-order valence-electron chi connectivity index (χ1n) is 6.56. The maximum Gasteiger partial charge on any atom is 0.119 e. The van der Waals surface area contributed by atoms with Crippen molar-refractivity contribution in [1.82, 2.24) is 5.32 Å². The van der Waals surface area contributed by atoms with E-state index in [9.17, 15) is 0 Å². The highest BCUT2D eigenvalue weighted by Crippen LogP contribution is 2.12. The van der Waals surface area contributed by atoms with Crippen LogP contribution < -0.4 is 10.1 Å². The first-order chi connectivity index (χ1) is 8.13. The Bertz CT molecular complexity index is 305. The van der Waals surface area contributed by atoms with E-state index in [1.54, 1.807) is 0 Å². The van der Waals surface area contributed by atoms with Crippen molar-refractivity contribution in [3.63, 3.8) is 0 Å². The Labute approximate surface area is 105 Å². The zero-order chi connectivity index (χ0) is 12.7. The second kappa shape index (κ2) is 7.33. The van der Waals surface area contributed by atoms with E-state index in [0.717, 1.165) is 37.3 Å². The highest BCUT2D eigenvalue weighted by Gasteiger charge is 2.05. The molecule has 1 N–H and O–H groups in total. The molecule has 0 aliphatic rings. The molecule has 0 fully saturated rings. The van der Waals surface area contributed by atoms with Crippen LogP contribution in [0.5, 0.6) is 5.75 Å². The quantitative estimate of drug-likeness (QED) is 0.781. The molecule has 96 valence electrons. The molecule has 0 saturated heterocycles. The van der Waals surface area contributed by atoms with Gasteiger partial charge in [0.05, 0.1) is 6.61 Å². The smallest absolute Gasteiger partial charge is 0.119 e. The van der Waals surface area contributed by atoms with Crippen LogP contribution in [0.25, 0.3) is 0 Å². The minimum Gasteiger partial charge on any atom is -0.494 e. The fraction of sp³-hybridized carbons (Fsp3) is 0.600. The average Bonchev–Trinajstić information content (AvgIpc) is 2.31. The maximum absolute atomic E-state index is 5.41. The molecule has 0 aliphatic carbocycles. The molecule has 2 nitrogen and oxygen atoms in total. The summed E-state index contributed by atoms with van der Waals surface area (Å²) in [6.07, 6.45) is 0. The number of nitrogens with one attached hydrogen (secondary N) is 1. The molecule has 0 amide bonds. The average molecular weight is 235 g/mol. The number of hydrogen-bond donors (Lipinski definition) is 1. The highest BCUT2D eigenvalue weighted by atomic mass is 16.5. The molecule has 0 saturated carbocycles. The summed E-state index contributed by atoms with van der Waals surface area (Å²) in [4.78, 5) is 0. The zero-order valence-electron chi connectivity index (χ0n) is 11.5. The monoisotopic (exact) mass is 235 g/mol. The third-order valence-electron chi connectivity index (χ3n) is 3.17. The van der Waals surface area contributed by atoms with Gasteiger partial charge in [0.15, 0.2) is 0 Å². The summed E-state index contributed by atoms with van der Waals surface area (Å²) in [5.74, 6) is 2.41. The molecule has 2 heteroatoms. The van der Waals surface area contributed by atoms with E-state index in [0.29, 0.717) is 0 Å². The molecule has 1 unspecified atom stereocenters. The van der Waals surface area contributed by atoms with Gasteiger partial charge in [-0.3, -0.25) is 0 Å². The van der Waals surface area contributed by atoms with Gasteiger partial charge in [-0.2, -0.15) is 0 Å². The highest BCUT2D eigenvalue weighted by molar-refractivity contribution is 5.27.